The van der Waals surface area contributed by atoms with Crippen molar-refractivity contribution < 1.29 is 12.8 Å². The Hall–Kier alpha value is -3.50. The highest BCUT2D eigenvalue weighted by Gasteiger charge is 2.14. The van der Waals surface area contributed by atoms with Gasteiger partial charge in [-0.3, -0.25) is 0 Å². The summed E-state index contributed by atoms with van der Waals surface area (Å²) in [6.45, 7) is 2.32. The molecule has 154 valence electrons. The Morgan fingerprint density at radius 1 is 1.00 bits per heavy atom. The number of aromatic nitrogens is 4. The van der Waals surface area contributed by atoms with E-state index in [9.17, 15) is 8.42 Å². The lowest BCUT2D eigenvalue weighted by Gasteiger charge is -2.09. The molecule has 0 spiro atoms. The molecule has 0 aliphatic rings. The first-order chi connectivity index (χ1) is 14.5. The van der Waals surface area contributed by atoms with E-state index in [-0.39, 0.29) is 11.4 Å². The molecule has 0 fully saturated rings. The van der Waals surface area contributed by atoms with Crippen LogP contribution in [0.5, 0.6) is 0 Å². The summed E-state index contributed by atoms with van der Waals surface area (Å²) in [6.07, 6.45) is 5.30. The minimum atomic E-state index is -3.62. The van der Waals surface area contributed by atoms with Crippen LogP contribution >= 0.6 is 0 Å². The molecule has 4 rings (SSSR count). The van der Waals surface area contributed by atoms with Crippen LogP contribution in [0.3, 0.4) is 0 Å². The number of benzene rings is 1. The Morgan fingerprint density at radius 3 is 2.40 bits per heavy atom. The SMILES string of the molecule is Cc1nc(-c2ccc(S(=O)(=O)NCCNc3ccc(-n4cccc4)nn3)cc2)co1. The molecule has 3 heterocycles. The van der Waals surface area contributed by atoms with Gasteiger partial charge in [-0.05, 0) is 36.4 Å². The van der Waals surface area contributed by atoms with E-state index in [1.54, 1.807) is 37.3 Å². The van der Waals surface area contributed by atoms with E-state index < -0.39 is 10.0 Å². The van der Waals surface area contributed by atoms with Gasteiger partial charge in [0, 0.05) is 38.0 Å². The largest absolute Gasteiger partial charge is 0.449 e. The molecule has 3 aromatic heterocycles. The molecule has 0 saturated carbocycles. The topological polar surface area (TPSA) is 115 Å². The van der Waals surface area contributed by atoms with Gasteiger partial charge in [0.25, 0.3) is 0 Å². The van der Waals surface area contributed by atoms with Crippen molar-refractivity contribution in [2.24, 2.45) is 0 Å². The lowest BCUT2D eigenvalue weighted by atomic mass is 10.2. The maximum Gasteiger partial charge on any atom is 0.240 e. The lowest BCUT2D eigenvalue weighted by Crippen LogP contribution is -2.29. The van der Waals surface area contributed by atoms with Crippen molar-refractivity contribution in [3.63, 3.8) is 0 Å². The molecule has 1 aromatic carbocycles. The van der Waals surface area contributed by atoms with Gasteiger partial charge in [-0.25, -0.2) is 18.1 Å². The van der Waals surface area contributed by atoms with Gasteiger partial charge < -0.3 is 14.3 Å². The Balaban J connectivity index is 1.30. The zero-order valence-corrected chi connectivity index (χ0v) is 17.0. The third kappa shape index (κ3) is 4.56. The minimum absolute atomic E-state index is 0.183. The molecule has 30 heavy (non-hydrogen) atoms. The molecule has 2 N–H and O–H groups in total. The number of anilines is 1. The Morgan fingerprint density at radius 2 is 1.77 bits per heavy atom. The van der Waals surface area contributed by atoms with Crippen molar-refractivity contribution in [2.45, 2.75) is 11.8 Å². The first-order valence-corrected chi connectivity index (χ1v) is 10.7. The van der Waals surface area contributed by atoms with Crippen molar-refractivity contribution in [3.05, 3.63) is 73.1 Å². The molecule has 10 heteroatoms. The summed E-state index contributed by atoms with van der Waals surface area (Å²) < 4.78 is 34.5. The summed E-state index contributed by atoms with van der Waals surface area (Å²) in [5.41, 5.74) is 1.45. The third-order valence-electron chi connectivity index (χ3n) is 4.32. The summed E-state index contributed by atoms with van der Waals surface area (Å²) in [5, 5.41) is 11.3. The summed E-state index contributed by atoms with van der Waals surface area (Å²) in [7, 11) is -3.62. The van der Waals surface area contributed by atoms with Gasteiger partial charge in [-0.2, -0.15) is 0 Å². The van der Waals surface area contributed by atoms with Crippen LogP contribution in [0, 0.1) is 6.92 Å². The monoisotopic (exact) mass is 424 g/mol. The number of nitrogens with zero attached hydrogens (tertiary/aromatic N) is 4. The number of hydrogen-bond acceptors (Lipinski definition) is 7. The molecule has 4 aromatic rings. The molecule has 0 aliphatic heterocycles. The number of sulfonamides is 1. The molecule has 0 bridgehead atoms. The van der Waals surface area contributed by atoms with Crippen LogP contribution in [-0.2, 0) is 10.0 Å². The molecular weight excluding hydrogens is 404 g/mol. The number of rotatable bonds is 8. The second-order valence-electron chi connectivity index (χ2n) is 6.47. The van der Waals surface area contributed by atoms with Crippen molar-refractivity contribution in [1.29, 1.82) is 0 Å². The van der Waals surface area contributed by atoms with E-state index in [0.717, 1.165) is 5.56 Å². The van der Waals surface area contributed by atoms with Crippen LogP contribution in [0.1, 0.15) is 5.89 Å². The predicted molar refractivity (Wildman–Crippen MR) is 112 cm³/mol. The van der Waals surface area contributed by atoms with Crippen LogP contribution in [0.4, 0.5) is 5.82 Å². The van der Waals surface area contributed by atoms with E-state index in [1.807, 2.05) is 35.2 Å². The summed E-state index contributed by atoms with van der Waals surface area (Å²) in [6, 6.07) is 13.9. The first-order valence-electron chi connectivity index (χ1n) is 9.24. The minimum Gasteiger partial charge on any atom is -0.449 e. The summed E-state index contributed by atoms with van der Waals surface area (Å²) in [4.78, 5) is 4.41. The van der Waals surface area contributed by atoms with Crippen LogP contribution in [0.25, 0.3) is 17.1 Å². The van der Waals surface area contributed by atoms with Crippen molar-refractivity contribution >= 4 is 15.8 Å². The van der Waals surface area contributed by atoms with E-state index in [2.05, 4.69) is 25.2 Å². The molecular formula is C20H20N6O3S. The van der Waals surface area contributed by atoms with Crippen molar-refractivity contribution in [2.75, 3.05) is 18.4 Å². The van der Waals surface area contributed by atoms with Gasteiger partial charge in [0.1, 0.15) is 17.8 Å². The van der Waals surface area contributed by atoms with E-state index in [0.29, 0.717) is 29.8 Å². The molecule has 0 radical (unpaired) electrons. The van der Waals surface area contributed by atoms with Crippen LogP contribution in [0.15, 0.2) is 76.5 Å². The average Bonchev–Trinajstić information content (AvgIpc) is 3.44. The van der Waals surface area contributed by atoms with Crippen LogP contribution < -0.4 is 10.0 Å². The fraction of sp³-hybridized carbons (Fsp3) is 0.150. The van der Waals surface area contributed by atoms with E-state index in [4.69, 9.17) is 4.42 Å². The Labute approximate surface area is 173 Å². The van der Waals surface area contributed by atoms with E-state index >= 15 is 0 Å². The quantitative estimate of drug-likeness (QED) is 0.418. The average molecular weight is 424 g/mol. The zero-order chi connectivity index (χ0) is 21.0. The first kappa shape index (κ1) is 19.8. The number of oxazole rings is 1. The van der Waals surface area contributed by atoms with Gasteiger partial charge in [-0.15, -0.1) is 10.2 Å². The zero-order valence-electron chi connectivity index (χ0n) is 16.2. The van der Waals surface area contributed by atoms with Gasteiger partial charge >= 0.3 is 0 Å². The fourth-order valence-electron chi connectivity index (χ4n) is 2.80. The second-order valence-corrected chi connectivity index (χ2v) is 8.23. The number of hydrogen-bond donors (Lipinski definition) is 2. The standard InChI is InChI=1S/C20H20N6O3S/c1-15-23-18(14-29-15)16-4-6-17(7-5-16)30(27,28)22-11-10-21-19-8-9-20(25-24-19)26-12-2-3-13-26/h2-9,12-14,22H,10-11H2,1H3,(H,21,24). The second kappa shape index (κ2) is 8.47. The number of aryl methyl sites for hydroxylation is 1. The highest BCUT2D eigenvalue weighted by atomic mass is 32.2. The van der Waals surface area contributed by atoms with Crippen LogP contribution in [-0.4, -0.2) is 41.3 Å². The van der Waals surface area contributed by atoms with Crippen molar-refractivity contribution in [3.8, 4) is 17.1 Å². The van der Waals surface area contributed by atoms with Gasteiger partial charge in [0.05, 0.1) is 4.90 Å². The molecule has 0 aliphatic carbocycles. The smallest absolute Gasteiger partial charge is 0.240 e. The molecule has 0 atom stereocenters. The Bertz CT molecular complexity index is 1200. The number of nitrogens with one attached hydrogen (secondary N) is 2. The Kier molecular flexibility index (Phi) is 5.59. The summed E-state index contributed by atoms with van der Waals surface area (Å²) >= 11 is 0. The lowest BCUT2D eigenvalue weighted by molar-refractivity contribution is 0.521. The predicted octanol–water partition coefficient (Wildman–Crippen LogP) is 2.62. The molecule has 0 amide bonds. The normalized spacial score (nSPS) is 11.5. The van der Waals surface area contributed by atoms with Crippen LogP contribution in [0.2, 0.25) is 0 Å². The van der Waals surface area contributed by atoms with Gasteiger partial charge in [0.2, 0.25) is 10.0 Å². The molecule has 9 nitrogen and oxygen atoms in total. The maximum absolute atomic E-state index is 12.5. The fourth-order valence-corrected chi connectivity index (χ4v) is 3.84. The summed E-state index contributed by atoms with van der Waals surface area (Å²) in [5.74, 6) is 1.83. The molecule has 0 saturated heterocycles. The molecule has 0 unspecified atom stereocenters. The third-order valence-corrected chi connectivity index (χ3v) is 5.80. The van der Waals surface area contributed by atoms with E-state index in [1.165, 1.54) is 6.26 Å². The van der Waals surface area contributed by atoms with Gasteiger partial charge in [0.15, 0.2) is 11.7 Å². The highest BCUT2D eigenvalue weighted by Crippen LogP contribution is 2.20. The van der Waals surface area contributed by atoms with Crippen molar-refractivity contribution in [1.82, 2.24) is 24.5 Å². The van der Waals surface area contributed by atoms with Gasteiger partial charge in [-0.1, -0.05) is 12.1 Å². The highest BCUT2D eigenvalue weighted by molar-refractivity contribution is 7.89. The maximum atomic E-state index is 12.5.